The molecular weight excluding hydrogens is 410 g/mol. The van der Waals surface area contributed by atoms with Crippen LogP contribution in [0.1, 0.15) is 77.3 Å². The number of hydrogen-bond acceptors (Lipinski definition) is 5. The summed E-state index contributed by atoms with van der Waals surface area (Å²) in [5, 5.41) is 12.6. The van der Waals surface area contributed by atoms with Crippen molar-refractivity contribution in [1.82, 2.24) is 4.90 Å². The van der Waals surface area contributed by atoms with Gasteiger partial charge in [0.1, 0.15) is 0 Å². The van der Waals surface area contributed by atoms with Gasteiger partial charge in [0.05, 0.1) is 28.4 Å². The van der Waals surface area contributed by atoms with Crippen LogP contribution in [-0.4, -0.2) is 44.5 Å². The highest BCUT2D eigenvalue weighted by Gasteiger charge is 2.41. The second-order valence-electron chi connectivity index (χ2n) is 10.1. The third-order valence-corrected chi connectivity index (χ3v) is 7.73. The van der Waals surface area contributed by atoms with Gasteiger partial charge in [0, 0.05) is 23.4 Å². The van der Waals surface area contributed by atoms with Gasteiger partial charge < -0.3 is 9.64 Å². The van der Waals surface area contributed by atoms with E-state index in [2.05, 4.69) is 32.6 Å². The maximum absolute atomic E-state index is 11.5. The summed E-state index contributed by atoms with van der Waals surface area (Å²) in [4.78, 5) is 19.0. The summed E-state index contributed by atoms with van der Waals surface area (Å²) < 4.78 is 6.36. The predicted octanol–water partition coefficient (Wildman–Crippen LogP) is 6.02. The fourth-order valence-corrected chi connectivity index (χ4v) is 6.71. The zero-order valence-corrected chi connectivity index (χ0v) is 20.0. The Morgan fingerprint density at radius 3 is 2.48 bits per heavy atom. The summed E-state index contributed by atoms with van der Waals surface area (Å²) in [5.41, 5.74) is 2.99. The number of amidine groups is 1. The highest BCUT2D eigenvalue weighted by Crippen LogP contribution is 2.40. The van der Waals surface area contributed by atoms with E-state index in [1.807, 2.05) is 17.8 Å². The SMILES string of the molecule is C[C@@H](OC(C)(C)C)[C@@H]1CSC(=Nc2ccc([N+](=O)[O-])c3c2CCCC3)N1C1CCCC1. The van der Waals surface area contributed by atoms with Crippen molar-refractivity contribution in [3.05, 3.63) is 33.4 Å². The Balaban J connectivity index is 1.68. The first-order valence-electron chi connectivity index (χ1n) is 11.7. The van der Waals surface area contributed by atoms with E-state index in [1.165, 1.54) is 25.7 Å². The highest BCUT2D eigenvalue weighted by molar-refractivity contribution is 8.14. The van der Waals surface area contributed by atoms with E-state index >= 15 is 0 Å². The largest absolute Gasteiger partial charge is 0.371 e. The number of benzene rings is 1. The molecule has 7 heteroatoms. The third-order valence-electron chi connectivity index (χ3n) is 6.66. The lowest BCUT2D eigenvalue weighted by Gasteiger charge is -2.37. The number of aliphatic imine (C=N–C) groups is 1. The minimum atomic E-state index is -0.238. The molecule has 170 valence electrons. The van der Waals surface area contributed by atoms with E-state index in [0.29, 0.717) is 12.1 Å². The molecule has 0 spiro atoms. The number of ether oxygens (including phenoxy) is 1. The van der Waals surface area contributed by atoms with Crippen LogP contribution in [0.15, 0.2) is 17.1 Å². The Kier molecular flexibility index (Phi) is 6.63. The summed E-state index contributed by atoms with van der Waals surface area (Å²) in [6, 6.07) is 4.34. The zero-order valence-electron chi connectivity index (χ0n) is 19.2. The molecule has 1 aromatic carbocycles. The molecule has 31 heavy (non-hydrogen) atoms. The predicted molar refractivity (Wildman–Crippen MR) is 127 cm³/mol. The first-order chi connectivity index (χ1) is 14.7. The summed E-state index contributed by atoms with van der Waals surface area (Å²) >= 11 is 1.82. The van der Waals surface area contributed by atoms with Crippen molar-refractivity contribution in [2.24, 2.45) is 4.99 Å². The van der Waals surface area contributed by atoms with E-state index in [-0.39, 0.29) is 22.3 Å². The quantitative estimate of drug-likeness (QED) is 0.409. The second-order valence-corrected chi connectivity index (χ2v) is 11.1. The number of nitro groups is 1. The minimum Gasteiger partial charge on any atom is -0.371 e. The minimum absolute atomic E-state index is 0.117. The van der Waals surface area contributed by atoms with Gasteiger partial charge in [-0.15, -0.1) is 0 Å². The van der Waals surface area contributed by atoms with Crippen LogP contribution >= 0.6 is 11.8 Å². The smallest absolute Gasteiger partial charge is 0.273 e. The van der Waals surface area contributed by atoms with Crippen molar-refractivity contribution in [2.75, 3.05) is 5.75 Å². The molecule has 0 unspecified atom stereocenters. The van der Waals surface area contributed by atoms with Gasteiger partial charge in [-0.3, -0.25) is 10.1 Å². The fourth-order valence-electron chi connectivity index (χ4n) is 5.36. The molecule has 2 aliphatic carbocycles. The van der Waals surface area contributed by atoms with Crippen LogP contribution < -0.4 is 0 Å². The van der Waals surface area contributed by atoms with Gasteiger partial charge in [-0.25, -0.2) is 4.99 Å². The molecule has 1 saturated carbocycles. The molecule has 4 rings (SSSR count). The zero-order chi connectivity index (χ0) is 22.2. The molecule has 1 aliphatic heterocycles. The standard InChI is InChI=1S/C24H35N3O3S/c1-16(30-24(2,3)4)22-15-31-23(26(22)17-9-5-6-10-17)25-20-13-14-21(27(28)29)19-12-8-7-11-18(19)20/h13-14,16-17,22H,5-12,15H2,1-4H3/t16-,22+/m1/s1. The van der Waals surface area contributed by atoms with Crippen LogP contribution in [0.4, 0.5) is 11.4 Å². The Hall–Kier alpha value is -1.60. The van der Waals surface area contributed by atoms with Crippen LogP contribution in [-0.2, 0) is 17.6 Å². The number of thioether (sulfide) groups is 1. The van der Waals surface area contributed by atoms with E-state index in [4.69, 9.17) is 9.73 Å². The Morgan fingerprint density at radius 1 is 1.16 bits per heavy atom. The summed E-state index contributed by atoms with van der Waals surface area (Å²) in [6.07, 6.45) is 8.82. The molecule has 0 radical (unpaired) electrons. The number of nitro benzene ring substituents is 1. The molecule has 1 aromatic rings. The highest BCUT2D eigenvalue weighted by atomic mass is 32.2. The molecule has 2 fully saturated rings. The van der Waals surface area contributed by atoms with E-state index < -0.39 is 0 Å². The molecule has 1 heterocycles. The van der Waals surface area contributed by atoms with Gasteiger partial charge in [-0.05, 0) is 77.8 Å². The molecule has 3 aliphatic rings. The number of fused-ring (bicyclic) bond motifs is 1. The van der Waals surface area contributed by atoms with Crippen molar-refractivity contribution in [1.29, 1.82) is 0 Å². The number of rotatable bonds is 5. The van der Waals surface area contributed by atoms with Crippen molar-refractivity contribution < 1.29 is 9.66 Å². The molecule has 0 aromatic heterocycles. The summed E-state index contributed by atoms with van der Waals surface area (Å²) in [7, 11) is 0. The van der Waals surface area contributed by atoms with Gasteiger partial charge >= 0.3 is 0 Å². The second kappa shape index (κ2) is 9.10. The van der Waals surface area contributed by atoms with Crippen molar-refractivity contribution in [2.45, 2.75) is 103 Å². The normalized spacial score (nSPS) is 24.6. The fraction of sp³-hybridized carbons (Fsp3) is 0.708. The number of nitrogens with zero attached hydrogens (tertiary/aromatic N) is 3. The van der Waals surface area contributed by atoms with Crippen molar-refractivity contribution >= 4 is 28.3 Å². The van der Waals surface area contributed by atoms with Gasteiger partial charge in [-0.1, -0.05) is 24.6 Å². The Labute approximate surface area is 190 Å². The lowest BCUT2D eigenvalue weighted by molar-refractivity contribution is -0.385. The van der Waals surface area contributed by atoms with E-state index in [0.717, 1.165) is 53.4 Å². The molecule has 0 amide bonds. The molecule has 2 atom stereocenters. The van der Waals surface area contributed by atoms with Crippen LogP contribution in [0, 0.1) is 10.1 Å². The molecule has 0 bridgehead atoms. The first kappa shape index (κ1) is 22.6. The van der Waals surface area contributed by atoms with E-state index in [1.54, 1.807) is 6.07 Å². The molecular formula is C24H35N3O3S. The van der Waals surface area contributed by atoms with Gasteiger partial charge in [0.25, 0.3) is 5.69 Å². The van der Waals surface area contributed by atoms with Crippen LogP contribution in [0.5, 0.6) is 0 Å². The van der Waals surface area contributed by atoms with Crippen molar-refractivity contribution in [3.63, 3.8) is 0 Å². The van der Waals surface area contributed by atoms with Gasteiger partial charge in [0.15, 0.2) is 5.17 Å². The van der Waals surface area contributed by atoms with Crippen LogP contribution in [0.25, 0.3) is 0 Å². The lowest BCUT2D eigenvalue weighted by atomic mass is 9.89. The Bertz CT molecular complexity index is 858. The molecule has 6 nitrogen and oxygen atoms in total. The third kappa shape index (κ3) is 4.92. The van der Waals surface area contributed by atoms with Crippen LogP contribution in [0.2, 0.25) is 0 Å². The topological polar surface area (TPSA) is 68.0 Å². The van der Waals surface area contributed by atoms with Crippen LogP contribution in [0.3, 0.4) is 0 Å². The first-order valence-corrected chi connectivity index (χ1v) is 12.7. The maximum atomic E-state index is 11.5. The summed E-state index contributed by atoms with van der Waals surface area (Å²) in [5.74, 6) is 0.974. The van der Waals surface area contributed by atoms with Gasteiger partial charge in [-0.2, -0.15) is 0 Å². The average molecular weight is 446 g/mol. The molecule has 0 N–H and O–H groups in total. The monoisotopic (exact) mass is 445 g/mol. The average Bonchev–Trinajstić information content (AvgIpc) is 3.36. The maximum Gasteiger partial charge on any atom is 0.273 e. The number of hydrogen-bond donors (Lipinski definition) is 0. The molecule has 1 saturated heterocycles. The van der Waals surface area contributed by atoms with Crippen molar-refractivity contribution in [3.8, 4) is 0 Å². The lowest BCUT2D eigenvalue weighted by Crippen LogP contribution is -2.48. The van der Waals surface area contributed by atoms with E-state index in [9.17, 15) is 10.1 Å². The summed E-state index contributed by atoms with van der Waals surface area (Å²) in [6.45, 7) is 8.53. The van der Waals surface area contributed by atoms with Gasteiger partial charge in [0.2, 0.25) is 0 Å². The Morgan fingerprint density at radius 2 is 1.84 bits per heavy atom.